The molecule has 2 fully saturated rings. The Hall–Kier alpha value is -1.16. The summed E-state index contributed by atoms with van der Waals surface area (Å²) in [4.78, 5) is 11.6. The van der Waals surface area contributed by atoms with Crippen LogP contribution < -0.4 is 4.90 Å². The number of benzene rings is 1. The molecule has 1 saturated heterocycles. The number of hydrogen-bond acceptors (Lipinski definition) is 3. The Labute approximate surface area is 140 Å². The zero-order valence-corrected chi connectivity index (χ0v) is 15.0. The first kappa shape index (κ1) is 14.4. The SMILES string of the molecule is CC1(C)C[C@H]2C[C@](C)(CN2c2ncnc3ccc(Br)cc23)C1. The van der Waals surface area contributed by atoms with Crippen LogP contribution in [0.25, 0.3) is 10.9 Å². The Morgan fingerprint density at radius 2 is 2.00 bits per heavy atom. The van der Waals surface area contributed by atoms with Crippen LogP contribution in [0.1, 0.15) is 40.0 Å². The number of rotatable bonds is 1. The first-order chi connectivity index (χ1) is 10.4. The molecule has 2 bridgehead atoms. The van der Waals surface area contributed by atoms with Gasteiger partial charge in [-0.05, 0) is 48.3 Å². The first-order valence-electron chi connectivity index (χ1n) is 8.02. The molecule has 4 rings (SSSR count). The lowest BCUT2D eigenvalue weighted by atomic mass is 9.65. The van der Waals surface area contributed by atoms with E-state index < -0.39 is 0 Å². The highest BCUT2D eigenvalue weighted by atomic mass is 79.9. The van der Waals surface area contributed by atoms with Crippen molar-refractivity contribution in [2.24, 2.45) is 10.8 Å². The molecule has 1 aliphatic carbocycles. The summed E-state index contributed by atoms with van der Waals surface area (Å²) in [6.45, 7) is 8.38. The molecule has 2 atom stereocenters. The van der Waals surface area contributed by atoms with E-state index in [0.29, 0.717) is 16.9 Å². The van der Waals surface area contributed by atoms with Gasteiger partial charge in [0, 0.05) is 22.4 Å². The highest BCUT2D eigenvalue weighted by molar-refractivity contribution is 9.10. The maximum atomic E-state index is 4.66. The summed E-state index contributed by atoms with van der Waals surface area (Å²) in [7, 11) is 0. The van der Waals surface area contributed by atoms with E-state index in [0.717, 1.165) is 27.7 Å². The van der Waals surface area contributed by atoms with E-state index in [1.807, 2.05) is 6.07 Å². The molecule has 3 nitrogen and oxygen atoms in total. The van der Waals surface area contributed by atoms with Crippen LogP contribution in [0, 0.1) is 10.8 Å². The van der Waals surface area contributed by atoms with E-state index in [9.17, 15) is 0 Å². The summed E-state index contributed by atoms with van der Waals surface area (Å²) in [5.74, 6) is 1.11. The van der Waals surface area contributed by atoms with Gasteiger partial charge >= 0.3 is 0 Å². The van der Waals surface area contributed by atoms with Crippen LogP contribution in [0.5, 0.6) is 0 Å². The minimum Gasteiger partial charge on any atom is -0.352 e. The number of fused-ring (bicyclic) bond motifs is 3. The molecule has 2 heterocycles. The van der Waals surface area contributed by atoms with Crippen LogP contribution in [-0.4, -0.2) is 22.6 Å². The number of halogens is 1. The lowest BCUT2D eigenvalue weighted by Crippen LogP contribution is -2.35. The van der Waals surface area contributed by atoms with Crippen molar-refractivity contribution >= 4 is 32.7 Å². The Morgan fingerprint density at radius 3 is 2.82 bits per heavy atom. The van der Waals surface area contributed by atoms with Gasteiger partial charge in [0.05, 0.1) is 5.52 Å². The van der Waals surface area contributed by atoms with Crippen LogP contribution in [0.15, 0.2) is 29.0 Å². The lowest BCUT2D eigenvalue weighted by molar-refractivity contribution is 0.136. The maximum absolute atomic E-state index is 4.66. The van der Waals surface area contributed by atoms with Crippen molar-refractivity contribution < 1.29 is 0 Å². The second-order valence-corrected chi connectivity index (χ2v) is 9.12. The molecule has 2 aliphatic rings. The van der Waals surface area contributed by atoms with E-state index >= 15 is 0 Å². The fourth-order valence-corrected chi connectivity index (χ4v) is 5.31. The van der Waals surface area contributed by atoms with Crippen molar-refractivity contribution in [3.63, 3.8) is 0 Å². The molecule has 4 heteroatoms. The van der Waals surface area contributed by atoms with E-state index in [2.05, 4.69) is 63.7 Å². The average molecular weight is 360 g/mol. The van der Waals surface area contributed by atoms with Crippen molar-refractivity contribution in [3.05, 3.63) is 29.0 Å². The third kappa shape index (κ3) is 2.32. The largest absolute Gasteiger partial charge is 0.352 e. The highest BCUT2D eigenvalue weighted by Gasteiger charge is 2.50. The summed E-state index contributed by atoms with van der Waals surface area (Å²) < 4.78 is 1.09. The van der Waals surface area contributed by atoms with Crippen molar-refractivity contribution in [2.45, 2.75) is 46.1 Å². The van der Waals surface area contributed by atoms with Crippen LogP contribution >= 0.6 is 15.9 Å². The number of hydrogen-bond donors (Lipinski definition) is 0. The molecule has 0 amide bonds. The molecule has 1 aliphatic heterocycles. The Bertz CT molecular complexity index is 742. The molecule has 1 saturated carbocycles. The van der Waals surface area contributed by atoms with Gasteiger partial charge in [-0.25, -0.2) is 9.97 Å². The standard InChI is InChI=1S/C18H22BrN3/c1-17(2)7-13-8-18(3,9-17)10-22(13)16-14-6-12(19)4-5-15(14)20-11-21-16/h4-6,11,13H,7-10H2,1-3H3/t13-,18-/m0/s1. The normalized spacial score (nSPS) is 30.0. The fourth-order valence-electron chi connectivity index (χ4n) is 4.95. The third-order valence-electron chi connectivity index (χ3n) is 5.26. The summed E-state index contributed by atoms with van der Waals surface area (Å²) in [6.07, 6.45) is 5.55. The summed E-state index contributed by atoms with van der Waals surface area (Å²) in [6, 6.07) is 6.87. The highest BCUT2D eigenvalue weighted by Crippen LogP contribution is 2.53. The summed E-state index contributed by atoms with van der Waals surface area (Å²) in [5, 5.41) is 1.16. The smallest absolute Gasteiger partial charge is 0.140 e. The first-order valence-corrected chi connectivity index (χ1v) is 8.82. The molecule has 0 N–H and O–H groups in total. The average Bonchev–Trinajstić information content (AvgIpc) is 2.67. The summed E-state index contributed by atoms with van der Waals surface area (Å²) in [5.41, 5.74) is 1.87. The van der Waals surface area contributed by atoms with Crippen LogP contribution in [0.3, 0.4) is 0 Å². The van der Waals surface area contributed by atoms with Gasteiger partial charge in [0.2, 0.25) is 0 Å². The lowest BCUT2D eigenvalue weighted by Gasteiger charge is -2.39. The van der Waals surface area contributed by atoms with Gasteiger partial charge < -0.3 is 4.90 Å². The minimum atomic E-state index is 0.412. The van der Waals surface area contributed by atoms with Crippen molar-refractivity contribution in [1.82, 2.24) is 9.97 Å². The molecule has 0 unspecified atom stereocenters. The minimum absolute atomic E-state index is 0.412. The van der Waals surface area contributed by atoms with Crippen molar-refractivity contribution in [2.75, 3.05) is 11.4 Å². The second kappa shape index (κ2) is 4.67. The Balaban J connectivity index is 1.82. The van der Waals surface area contributed by atoms with Gasteiger partial charge in [0.1, 0.15) is 12.1 Å². The van der Waals surface area contributed by atoms with Gasteiger partial charge in [0.15, 0.2) is 0 Å². The molecule has 0 radical (unpaired) electrons. The monoisotopic (exact) mass is 359 g/mol. The van der Waals surface area contributed by atoms with Crippen LogP contribution in [0.2, 0.25) is 0 Å². The molecule has 2 aromatic rings. The van der Waals surface area contributed by atoms with E-state index in [-0.39, 0.29) is 0 Å². The Morgan fingerprint density at radius 1 is 1.18 bits per heavy atom. The van der Waals surface area contributed by atoms with Crippen LogP contribution in [-0.2, 0) is 0 Å². The Kier molecular flexibility index (Phi) is 3.06. The molecule has 1 aromatic heterocycles. The van der Waals surface area contributed by atoms with Gasteiger partial charge in [-0.3, -0.25) is 0 Å². The van der Waals surface area contributed by atoms with Gasteiger partial charge in [-0.2, -0.15) is 0 Å². The van der Waals surface area contributed by atoms with Crippen molar-refractivity contribution in [1.29, 1.82) is 0 Å². The van der Waals surface area contributed by atoms with Gasteiger partial charge in [0.25, 0.3) is 0 Å². The molecule has 0 spiro atoms. The third-order valence-corrected chi connectivity index (χ3v) is 5.76. The fraction of sp³-hybridized carbons (Fsp3) is 0.556. The van der Waals surface area contributed by atoms with E-state index in [1.165, 1.54) is 19.3 Å². The quantitative estimate of drug-likeness (QED) is 0.732. The maximum Gasteiger partial charge on any atom is 0.140 e. The van der Waals surface area contributed by atoms with E-state index in [4.69, 9.17) is 0 Å². The predicted octanol–water partition coefficient (Wildman–Crippen LogP) is 4.80. The van der Waals surface area contributed by atoms with Gasteiger partial charge in [-0.15, -0.1) is 0 Å². The molecule has 22 heavy (non-hydrogen) atoms. The van der Waals surface area contributed by atoms with Gasteiger partial charge in [-0.1, -0.05) is 36.7 Å². The number of aromatic nitrogens is 2. The van der Waals surface area contributed by atoms with Crippen molar-refractivity contribution in [3.8, 4) is 0 Å². The molecule has 116 valence electrons. The number of nitrogens with zero attached hydrogens (tertiary/aromatic N) is 3. The van der Waals surface area contributed by atoms with E-state index in [1.54, 1.807) is 6.33 Å². The summed E-state index contributed by atoms with van der Waals surface area (Å²) >= 11 is 3.59. The molecular weight excluding hydrogens is 338 g/mol. The zero-order valence-electron chi connectivity index (χ0n) is 13.4. The predicted molar refractivity (Wildman–Crippen MR) is 94.1 cm³/mol. The second-order valence-electron chi connectivity index (χ2n) is 8.20. The molecular formula is C18H22BrN3. The molecule has 1 aromatic carbocycles. The zero-order chi connectivity index (χ0) is 15.5. The number of anilines is 1. The van der Waals surface area contributed by atoms with Crippen LogP contribution in [0.4, 0.5) is 5.82 Å². The topological polar surface area (TPSA) is 29.0 Å².